The van der Waals surface area contributed by atoms with Gasteiger partial charge in [0.2, 0.25) is 0 Å². The fourth-order valence-electron chi connectivity index (χ4n) is 1.42. The van der Waals surface area contributed by atoms with Crippen molar-refractivity contribution in [3.63, 3.8) is 0 Å². The summed E-state index contributed by atoms with van der Waals surface area (Å²) in [5, 5.41) is 0.702. The lowest BCUT2D eigenvalue weighted by Gasteiger charge is -2.31. The van der Waals surface area contributed by atoms with Crippen LogP contribution in [0, 0.1) is 0 Å². The van der Waals surface area contributed by atoms with Gasteiger partial charge in [0.1, 0.15) is 9.28 Å². The molecule has 1 fully saturated rings. The minimum atomic E-state index is -0.301. The highest BCUT2D eigenvalue weighted by Gasteiger charge is 2.28. The second-order valence-corrected chi connectivity index (χ2v) is 29.4. The second-order valence-electron chi connectivity index (χ2n) is 4.28. The first-order chi connectivity index (χ1) is 4.61. The fraction of sp³-hybridized carbons (Fsp3) is 1.00. The lowest BCUT2D eigenvalue weighted by atomic mass is 10.3. The van der Waals surface area contributed by atoms with Crippen LogP contribution < -0.4 is 0 Å². The fourth-order valence-corrected chi connectivity index (χ4v) is 49.2. The first-order valence-corrected chi connectivity index (χ1v) is 17.4. The van der Waals surface area contributed by atoms with Crippen LogP contribution in [0.1, 0.15) is 20.8 Å². The molecule has 1 aliphatic rings. The molecule has 10 heavy (non-hydrogen) atoms. The summed E-state index contributed by atoms with van der Waals surface area (Å²) in [7, 11) is 0.884. The Morgan fingerprint density at radius 2 is 2.10 bits per heavy atom. The maximum atomic E-state index is 5.71. The third kappa shape index (κ3) is 2.46. The van der Waals surface area contributed by atoms with Crippen molar-refractivity contribution in [3.8, 4) is 0 Å². The molecule has 0 aliphatic carbocycles. The maximum absolute atomic E-state index is 5.71. The molecule has 1 aliphatic heterocycles. The van der Waals surface area contributed by atoms with Gasteiger partial charge in [-0.05, 0) is 5.04 Å². The molecule has 0 aromatic carbocycles. The molecule has 0 N–H and O–H groups in total. The van der Waals surface area contributed by atoms with Crippen molar-refractivity contribution >= 4 is 34.7 Å². The average Bonchev–Trinajstić information content (AvgIpc) is 1.88. The van der Waals surface area contributed by atoms with Gasteiger partial charge in [0.05, 0.1) is 8.31 Å². The van der Waals surface area contributed by atoms with Gasteiger partial charge >= 0.3 is 0 Å². The topological polar surface area (TPSA) is 9.23 Å². The SMILES string of the molecule is CC(C)(C)[SiH]1CO[SiH2][SiH2][SiH2]1. The zero-order valence-electron chi connectivity index (χ0n) is 7.31. The Bertz CT molecular complexity index is 105. The highest BCUT2D eigenvalue weighted by atomic mass is 29.7. The van der Waals surface area contributed by atoms with Crippen LogP contribution >= 0.6 is 0 Å². The molecule has 1 unspecified atom stereocenters. The molecule has 1 atom stereocenters. The Labute approximate surface area is 71.5 Å². The van der Waals surface area contributed by atoms with E-state index in [1.165, 1.54) is 6.23 Å². The molecule has 0 spiro atoms. The van der Waals surface area contributed by atoms with Gasteiger partial charge in [-0.15, -0.1) is 0 Å². The van der Waals surface area contributed by atoms with Crippen LogP contribution in [0.5, 0.6) is 0 Å². The summed E-state index contributed by atoms with van der Waals surface area (Å²) in [6.45, 7) is 7.30. The summed E-state index contributed by atoms with van der Waals surface area (Å²) < 4.78 is 5.71. The predicted octanol–water partition coefficient (Wildman–Crippen LogP) is -1.67. The normalized spacial score (nSPS) is 35.7. The van der Waals surface area contributed by atoms with Gasteiger partial charge in [0, 0.05) is 23.3 Å². The summed E-state index contributed by atoms with van der Waals surface area (Å²) in [6.07, 6.45) is 1.27. The van der Waals surface area contributed by atoms with Gasteiger partial charge < -0.3 is 4.43 Å². The van der Waals surface area contributed by atoms with Gasteiger partial charge in [-0.1, -0.05) is 20.8 Å². The van der Waals surface area contributed by atoms with Crippen LogP contribution in [0.4, 0.5) is 0 Å². The predicted molar refractivity (Wildman–Crippen MR) is 58.4 cm³/mol. The largest absolute Gasteiger partial charge is 0.432 e. The lowest BCUT2D eigenvalue weighted by Crippen LogP contribution is -2.47. The monoisotopic (exact) mass is 206 g/mol. The van der Waals surface area contributed by atoms with E-state index in [1.54, 1.807) is 0 Å². The number of hydrogen-bond donors (Lipinski definition) is 0. The van der Waals surface area contributed by atoms with Crippen molar-refractivity contribution in [1.82, 2.24) is 0 Å². The van der Waals surface area contributed by atoms with E-state index in [1.807, 2.05) is 0 Å². The van der Waals surface area contributed by atoms with E-state index in [-0.39, 0.29) is 17.6 Å². The molecule has 0 aromatic heterocycles. The zero-order valence-corrected chi connectivity index (χ0v) is 12.7. The summed E-state index contributed by atoms with van der Waals surface area (Å²) in [6, 6.07) is 0. The highest BCUT2D eigenvalue weighted by molar-refractivity contribution is 7.49. The van der Waals surface area contributed by atoms with Crippen molar-refractivity contribution in [2.24, 2.45) is 0 Å². The minimum absolute atomic E-state index is 0.154. The molecular formula is C5H18OSi4. The van der Waals surface area contributed by atoms with Crippen molar-refractivity contribution < 1.29 is 4.43 Å². The molecule has 0 radical (unpaired) electrons. The minimum Gasteiger partial charge on any atom is -0.432 e. The van der Waals surface area contributed by atoms with E-state index in [2.05, 4.69) is 20.8 Å². The molecule has 1 saturated heterocycles. The van der Waals surface area contributed by atoms with Gasteiger partial charge in [-0.3, -0.25) is 0 Å². The van der Waals surface area contributed by atoms with E-state index >= 15 is 0 Å². The Morgan fingerprint density at radius 1 is 1.40 bits per heavy atom. The molecule has 0 aromatic rings. The number of rotatable bonds is 0. The Balaban J connectivity index is 2.39. The van der Waals surface area contributed by atoms with E-state index in [0.717, 1.165) is 0 Å². The van der Waals surface area contributed by atoms with E-state index in [4.69, 9.17) is 4.43 Å². The Hall–Kier alpha value is 0.828. The number of hydrogen-bond acceptors (Lipinski definition) is 1. The molecule has 0 amide bonds. The molecule has 5 heteroatoms. The van der Waals surface area contributed by atoms with Crippen LogP contribution in [0.25, 0.3) is 0 Å². The summed E-state index contributed by atoms with van der Waals surface area (Å²) >= 11 is 0. The van der Waals surface area contributed by atoms with Crippen LogP contribution in [0.3, 0.4) is 0 Å². The van der Waals surface area contributed by atoms with Gasteiger partial charge in [-0.25, -0.2) is 0 Å². The molecule has 0 bridgehead atoms. The van der Waals surface area contributed by atoms with Crippen LogP contribution in [0.2, 0.25) is 5.04 Å². The van der Waals surface area contributed by atoms with Crippen molar-refractivity contribution in [1.29, 1.82) is 0 Å². The summed E-state index contributed by atoms with van der Waals surface area (Å²) in [5.74, 6) is 0. The summed E-state index contributed by atoms with van der Waals surface area (Å²) in [5.41, 5.74) is 0. The van der Waals surface area contributed by atoms with Crippen molar-refractivity contribution in [2.75, 3.05) is 6.23 Å². The Kier molecular flexibility index (Phi) is 3.11. The van der Waals surface area contributed by atoms with E-state index in [9.17, 15) is 0 Å². The third-order valence-corrected chi connectivity index (χ3v) is 40.9. The smallest absolute Gasteiger partial charge is 0.139 e. The van der Waals surface area contributed by atoms with Crippen LogP contribution in [-0.2, 0) is 4.43 Å². The zero-order chi connectivity index (χ0) is 7.61. The van der Waals surface area contributed by atoms with Gasteiger partial charge in [0.15, 0.2) is 0 Å². The highest BCUT2D eigenvalue weighted by Crippen LogP contribution is 2.26. The second kappa shape index (κ2) is 3.48. The standard InChI is InChI=1S/C5H18OSi4/c1-5(2,3)10-4-6-7-8-9-10/h10H,4,7-9H2,1-3H3. The van der Waals surface area contributed by atoms with Crippen molar-refractivity contribution in [3.05, 3.63) is 0 Å². The van der Waals surface area contributed by atoms with Crippen molar-refractivity contribution in [2.45, 2.75) is 25.8 Å². The molecular weight excluding hydrogens is 188 g/mol. The molecule has 1 rings (SSSR count). The lowest BCUT2D eigenvalue weighted by molar-refractivity contribution is 0.411. The van der Waals surface area contributed by atoms with E-state index in [0.29, 0.717) is 22.1 Å². The average molecular weight is 207 g/mol. The maximum Gasteiger partial charge on any atom is 0.139 e. The first kappa shape index (κ1) is 8.92. The van der Waals surface area contributed by atoms with E-state index < -0.39 is 0 Å². The molecule has 0 saturated carbocycles. The first-order valence-electron chi connectivity index (χ1n) is 4.18. The quantitative estimate of drug-likeness (QED) is 0.431. The Morgan fingerprint density at radius 3 is 2.40 bits per heavy atom. The van der Waals surface area contributed by atoms with Crippen LogP contribution in [-0.4, -0.2) is 40.9 Å². The molecule has 1 nitrogen and oxygen atoms in total. The van der Waals surface area contributed by atoms with Crippen LogP contribution in [0.15, 0.2) is 0 Å². The molecule has 60 valence electrons. The molecule has 1 heterocycles. The van der Waals surface area contributed by atoms with Gasteiger partial charge in [0.25, 0.3) is 0 Å². The third-order valence-electron chi connectivity index (χ3n) is 2.39. The van der Waals surface area contributed by atoms with Gasteiger partial charge in [-0.2, -0.15) is 0 Å². The summed E-state index contributed by atoms with van der Waals surface area (Å²) in [4.78, 5) is 0.